The van der Waals surface area contributed by atoms with Crippen LogP contribution in [0.2, 0.25) is 0 Å². The number of nitrogens with zero attached hydrogens (tertiary/aromatic N) is 1. The summed E-state index contributed by atoms with van der Waals surface area (Å²) in [6.07, 6.45) is 0.801. The van der Waals surface area contributed by atoms with Crippen molar-refractivity contribution in [3.05, 3.63) is 34.2 Å². The highest BCUT2D eigenvalue weighted by Crippen LogP contribution is 2.44. The van der Waals surface area contributed by atoms with Crippen molar-refractivity contribution in [2.75, 3.05) is 6.61 Å². The Morgan fingerprint density at radius 2 is 2.24 bits per heavy atom. The number of nitroso groups, excluding NO2 is 1. The Morgan fingerprint density at radius 1 is 1.53 bits per heavy atom. The molecule has 4 nitrogen and oxygen atoms in total. The molecule has 1 atom stereocenters. The first-order valence-corrected chi connectivity index (χ1v) is 5.29. The van der Waals surface area contributed by atoms with Gasteiger partial charge in [0.25, 0.3) is 11.6 Å². The summed E-state index contributed by atoms with van der Waals surface area (Å²) in [6.45, 7) is -1.19. The number of fused-ring (bicyclic) bond motifs is 1. The number of aliphatic hydroxyl groups excluding tert-OH is 1. The summed E-state index contributed by atoms with van der Waals surface area (Å²) in [7, 11) is 0. The smallest absolute Gasteiger partial charge is 0.291 e. The lowest BCUT2D eigenvalue weighted by molar-refractivity contribution is -0.474. The van der Waals surface area contributed by atoms with Gasteiger partial charge in [-0.3, -0.25) is 0 Å². The molecule has 0 amide bonds. The van der Waals surface area contributed by atoms with E-state index >= 15 is 0 Å². The summed E-state index contributed by atoms with van der Waals surface area (Å²) in [5, 5.41) is 8.71. The maximum Gasteiger partial charge on any atom is 0.291 e. The van der Waals surface area contributed by atoms with Crippen LogP contribution in [0.25, 0.3) is 0 Å². The van der Waals surface area contributed by atoms with Crippen molar-refractivity contribution < 1.29 is 18.8 Å². The van der Waals surface area contributed by atoms with Crippen LogP contribution in [0.15, 0.2) is 18.2 Å². The van der Waals surface area contributed by atoms with Crippen molar-refractivity contribution >= 4 is 5.69 Å². The van der Waals surface area contributed by atoms with E-state index in [0.29, 0.717) is 12.0 Å². The maximum atomic E-state index is 13.5. The summed E-state index contributed by atoms with van der Waals surface area (Å²) < 4.78 is 27.0. The Bertz CT molecular complexity index is 463. The topological polar surface area (TPSA) is 66.3 Å². The van der Waals surface area contributed by atoms with Crippen LogP contribution in [0.4, 0.5) is 14.5 Å². The fraction of sp³-hybridized carbons (Fsp3) is 0.455. The molecular formula is C11H13F2N2O2+. The number of hydrogen-bond donors (Lipinski definition) is 2. The van der Waals surface area contributed by atoms with Crippen LogP contribution in [0.3, 0.4) is 0 Å². The monoisotopic (exact) mass is 243 g/mol. The first-order chi connectivity index (χ1) is 7.95. The molecule has 0 spiro atoms. The number of aryl methyl sites for hydroxylation is 1. The Kier molecular flexibility index (Phi) is 2.82. The molecular weight excluding hydrogens is 230 g/mol. The summed E-state index contributed by atoms with van der Waals surface area (Å²) >= 11 is 0. The molecule has 6 heteroatoms. The molecule has 3 N–H and O–H groups in total. The number of rotatable bonds is 3. The van der Waals surface area contributed by atoms with E-state index in [4.69, 9.17) is 10.9 Å². The van der Waals surface area contributed by atoms with Gasteiger partial charge in [-0.25, -0.2) is 8.78 Å². The van der Waals surface area contributed by atoms with Crippen molar-refractivity contribution in [2.24, 2.45) is 5.84 Å². The average molecular weight is 243 g/mol. The van der Waals surface area contributed by atoms with E-state index in [1.165, 1.54) is 12.1 Å². The summed E-state index contributed by atoms with van der Waals surface area (Å²) in [6, 6.07) is 4.52. The minimum atomic E-state index is -3.16. The standard InChI is InChI=1S/C11H13F2N2O2/c12-11(13,6-16)10-4-2-7-1-3-8(15(14)17)5-9(7)10/h1,3,5,10,16H,2,4,6H2,(H2,14,17)/q+1. The van der Waals surface area contributed by atoms with Crippen molar-refractivity contribution in [1.82, 2.24) is 0 Å². The van der Waals surface area contributed by atoms with Gasteiger partial charge in [0.15, 0.2) is 4.87 Å². The van der Waals surface area contributed by atoms with Crippen LogP contribution < -0.4 is 5.84 Å². The Balaban J connectivity index is 2.42. The lowest BCUT2D eigenvalue weighted by Crippen LogP contribution is -2.29. The molecule has 1 unspecified atom stereocenters. The Morgan fingerprint density at radius 3 is 2.82 bits per heavy atom. The average Bonchev–Trinajstić information content (AvgIpc) is 2.72. The SMILES string of the molecule is N[N+](=O)c1ccc2c(c1)C(C(F)(F)CO)CC2. The number of hydrazine groups is 1. The predicted octanol–water partition coefficient (Wildman–Crippen LogP) is 1.63. The van der Waals surface area contributed by atoms with Gasteiger partial charge in [-0.15, -0.1) is 0 Å². The van der Waals surface area contributed by atoms with Crippen LogP contribution >= 0.6 is 0 Å². The van der Waals surface area contributed by atoms with Crippen molar-refractivity contribution in [3.8, 4) is 0 Å². The van der Waals surface area contributed by atoms with Gasteiger partial charge in [0, 0.05) is 12.1 Å². The maximum absolute atomic E-state index is 13.5. The third-order valence-electron chi connectivity index (χ3n) is 3.18. The van der Waals surface area contributed by atoms with Crippen LogP contribution in [-0.2, 0) is 6.42 Å². The minimum Gasteiger partial charge on any atom is -0.390 e. The normalized spacial score (nSPS) is 19.1. The lowest BCUT2D eigenvalue weighted by atomic mass is 9.94. The Hall–Kier alpha value is -1.56. The number of aliphatic hydroxyl groups is 1. The van der Waals surface area contributed by atoms with Gasteiger partial charge in [-0.2, -0.15) is 5.84 Å². The molecule has 2 rings (SSSR count). The molecule has 1 aliphatic carbocycles. The molecule has 0 fully saturated rings. The first kappa shape index (κ1) is 11.9. The zero-order valence-electron chi connectivity index (χ0n) is 9.07. The number of benzene rings is 1. The van der Waals surface area contributed by atoms with Gasteiger partial charge in [-0.05, 0) is 24.0 Å². The highest BCUT2D eigenvalue weighted by atomic mass is 19.3. The molecule has 0 aromatic heterocycles. The fourth-order valence-corrected chi connectivity index (χ4v) is 2.28. The van der Waals surface area contributed by atoms with Gasteiger partial charge in [0.1, 0.15) is 6.61 Å². The van der Waals surface area contributed by atoms with Gasteiger partial charge >= 0.3 is 0 Å². The third kappa shape index (κ3) is 2.00. The number of halogens is 2. The summed E-state index contributed by atoms with van der Waals surface area (Å²) in [4.78, 5) is 11.1. The van der Waals surface area contributed by atoms with E-state index in [-0.39, 0.29) is 17.0 Å². The highest BCUT2D eigenvalue weighted by molar-refractivity contribution is 5.45. The van der Waals surface area contributed by atoms with E-state index in [2.05, 4.69) is 0 Å². The molecule has 0 saturated carbocycles. The molecule has 0 bridgehead atoms. The van der Waals surface area contributed by atoms with Gasteiger partial charge in [0.05, 0.1) is 10.8 Å². The van der Waals surface area contributed by atoms with Gasteiger partial charge in [0.2, 0.25) is 0 Å². The molecule has 92 valence electrons. The molecule has 1 aromatic carbocycles. The molecule has 17 heavy (non-hydrogen) atoms. The molecule has 0 aliphatic heterocycles. The van der Waals surface area contributed by atoms with E-state index in [1.807, 2.05) is 0 Å². The van der Waals surface area contributed by atoms with E-state index in [1.54, 1.807) is 6.07 Å². The first-order valence-electron chi connectivity index (χ1n) is 5.29. The zero-order chi connectivity index (χ0) is 12.6. The van der Waals surface area contributed by atoms with Crippen molar-refractivity contribution in [1.29, 1.82) is 0 Å². The second kappa shape index (κ2) is 4.03. The number of hydrogen-bond acceptors (Lipinski definition) is 2. The summed E-state index contributed by atoms with van der Waals surface area (Å²) in [5.74, 6) is 0.836. The van der Waals surface area contributed by atoms with Crippen LogP contribution in [0.5, 0.6) is 0 Å². The van der Waals surface area contributed by atoms with Crippen LogP contribution in [0, 0.1) is 4.91 Å². The van der Waals surface area contributed by atoms with E-state index in [0.717, 1.165) is 5.56 Å². The largest absolute Gasteiger partial charge is 0.390 e. The zero-order valence-corrected chi connectivity index (χ0v) is 9.07. The molecule has 0 radical (unpaired) electrons. The second-order valence-electron chi connectivity index (χ2n) is 4.22. The highest BCUT2D eigenvalue weighted by Gasteiger charge is 2.43. The number of alkyl halides is 2. The van der Waals surface area contributed by atoms with Crippen LogP contribution in [0.1, 0.15) is 23.5 Å². The minimum absolute atomic E-state index is 0.143. The second-order valence-corrected chi connectivity index (χ2v) is 4.22. The molecule has 0 heterocycles. The van der Waals surface area contributed by atoms with Gasteiger partial charge < -0.3 is 5.11 Å². The third-order valence-corrected chi connectivity index (χ3v) is 3.18. The van der Waals surface area contributed by atoms with Crippen LogP contribution in [-0.4, -0.2) is 22.5 Å². The van der Waals surface area contributed by atoms with Gasteiger partial charge in [-0.1, -0.05) is 6.07 Å². The molecule has 1 aliphatic rings. The van der Waals surface area contributed by atoms with E-state index < -0.39 is 18.4 Å². The quantitative estimate of drug-likeness (QED) is 0.481. The number of nitrogens with two attached hydrogens (primary N) is 1. The molecule has 0 saturated heterocycles. The van der Waals surface area contributed by atoms with E-state index in [9.17, 15) is 13.7 Å². The lowest BCUT2D eigenvalue weighted by Gasteiger charge is -2.21. The fourth-order valence-electron chi connectivity index (χ4n) is 2.28. The summed E-state index contributed by atoms with van der Waals surface area (Å²) in [5.41, 5.74) is 1.34. The molecule has 1 aromatic rings. The Labute approximate surface area is 96.6 Å². The van der Waals surface area contributed by atoms with Crippen molar-refractivity contribution in [2.45, 2.75) is 24.7 Å². The predicted molar refractivity (Wildman–Crippen MR) is 57.0 cm³/mol. The van der Waals surface area contributed by atoms with Crippen molar-refractivity contribution in [3.63, 3.8) is 0 Å².